The molecule has 0 saturated heterocycles. The van der Waals surface area contributed by atoms with Gasteiger partial charge in [-0.1, -0.05) is 18.2 Å². The molecule has 0 bridgehead atoms. The summed E-state index contributed by atoms with van der Waals surface area (Å²) in [5.41, 5.74) is 6.91. The Morgan fingerprint density at radius 1 is 1.33 bits per heavy atom. The van der Waals surface area contributed by atoms with Crippen LogP contribution in [0.2, 0.25) is 0 Å². The van der Waals surface area contributed by atoms with Gasteiger partial charge < -0.3 is 10.6 Å². The van der Waals surface area contributed by atoms with E-state index in [2.05, 4.69) is 24.1 Å². The van der Waals surface area contributed by atoms with Gasteiger partial charge in [-0.25, -0.2) is 0 Å². The van der Waals surface area contributed by atoms with Crippen molar-refractivity contribution in [1.82, 2.24) is 0 Å². The first-order valence-electron chi connectivity index (χ1n) is 4.22. The molecule has 0 saturated carbocycles. The van der Waals surface area contributed by atoms with Crippen molar-refractivity contribution in [2.45, 2.75) is 13.0 Å². The second-order valence-corrected chi connectivity index (χ2v) is 3.19. The number of hydrogen-bond donors (Lipinski definition) is 1. The zero-order chi connectivity index (χ0) is 8.97. The second-order valence-electron chi connectivity index (χ2n) is 3.19. The Hall–Kier alpha value is -1.02. The van der Waals surface area contributed by atoms with Crippen LogP contribution in [0.15, 0.2) is 30.3 Å². The molecular weight excluding hydrogens is 148 g/mol. The minimum Gasteiger partial charge on any atom is -0.373 e. The Morgan fingerprint density at radius 3 is 2.42 bits per heavy atom. The summed E-state index contributed by atoms with van der Waals surface area (Å²) in [6.45, 7) is 2.91. The molecule has 12 heavy (non-hydrogen) atoms. The van der Waals surface area contributed by atoms with Crippen molar-refractivity contribution >= 4 is 5.69 Å². The maximum atomic E-state index is 5.69. The van der Waals surface area contributed by atoms with Gasteiger partial charge in [-0.15, -0.1) is 0 Å². The van der Waals surface area contributed by atoms with Crippen LogP contribution in [-0.4, -0.2) is 19.6 Å². The lowest BCUT2D eigenvalue weighted by molar-refractivity contribution is 0.718. The van der Waals surface area contributed by atoms with Crippen LogP contribution in [0.3, 0.4) is 0 Å². The molecule has 2 nitrogen and oxygen atoms in total. The van der Waals surface area contributed by atoms with Crippen LogP contribution in [0.1, 0.15) is 6.92 Å². The molecule has 0 aliphatic rings. The molecule has 0 heterocycles. The number of hydrogen-bond acceptors (Lipinski definition) is 2. The summed E-state index contributed by atoms with van der Waals surface area (Å²) < 4.78 is 0. The van der Waals surface area contributed by atoms with Crippen molar-refractivity contribution < 1.29 is 0 Å². The molecule has 0 aliphatic heterocycles. The molecule has 1 aromatic rings. The van der Waals surface area contributed by atoms with Gasteiger partial charge >= 0.3 is 0 Å². The lowest BCUT2D eigenvalue weighted by Crippen LogP contribution is -2.32. The van der Waals surface area contributed by atoms with Crippen LogP contribution >= 0.6 is 0 Å². The highest BCUT2D eigenvalue weighted by Crippen LogP contribution is 2.10. The molecule has 0 aromatic heterocycles. The summed E-state index contributed by atoms with van der Waals surface area (Å²) in [5.74, 6) is 0. The summed E-state index contributed by atoms with van der Waals surface area (Å²) in [6.07, 6.45) is 0. The molecular formula is C10H16N2. The van der Waals surface area contributed by atoms with Crippen LogP contribution < -0.4 is 10.6 Å². The Labute approximate surface area is 74.0 Å². The monoisotopic (exact) mass is 164 g/mol. The van der Waals surface area contributed by atoms with Gasteiger partial charge in [0.1, 0.15) is 0 Å². The zero-order valence-electron chi connectivity index (χ0n) is 7.70. The Kier molecular flexibility index (Phi) is 3.11. The normalized spacial score (nSPS) is 12.6. The third kappa shape index (κ3) is 2.55. The van der Waals surface area contributed by atoms with Crippen LogP contribution in [0.25, 0.3) is 0 Å². The summed E-state index contributed by atoms with van der Waals surface area (Å²) in [4.78, 5) is 2.16. The fraction of sp³-hybridized carbons (Fsp3) is 0.400. The largest absolute Gasteiger partial charge is 0.373 e. The lowest BCUT2D eigenvalue weighted by Gasteiger charge is -2.20. The highest BCUT2D eigenvalue weighted by molar-refractivity contribution is 5.45. The van der Waals surface area contributed by atoms with Crippen molar-refractivity contribution in [3.05, 3.63) is 30.3 Å². The third-order valence-corrected chi connectivity index (χ3v) is 1.76. The number of benzene rings is 1. The number of para-hydroxylation sites is 1. The summed E-state index contributed by atoms with van der Waals surface area (Å²) >= 11 is 0. The van der Waals surface area contributed by atoms with Gasteiger partial charge in [-0.3, -0.25) is 0 Å². The van der Waals surface area contributed by atoms with E-state index >= 15 is 0 Å². The molecule has 0 spiro atoms. The van der Waals surface area contributed by atoms with Crippen molar-refractivity contribution in [1.29, 1.82) is 0 Å². The SMILES string of the molecule is C[C@H](N)CN(C)c1ccccc1. The first-order valence-corrected chi connectivity index (χ1v) is 4.22. The first-order chi connectivity index (χ1) is 5.70. The van der Waals surface area contributed by atoms with Gasteiger partial charge in [0, 0.05) is 25.3 Å². The third-order valence-electron chi connectivity index (χ3n) is 1.76. The van der Waals surface area contributed by atoms with E-state index in [0.29, 0.717) is 0 Å². The van der Waals surface area contributed by atoms with E-state index in [1.54, 1.807) is 0 Å². The molecule has 0 amide bonds. The Bertz CT molecular complexity index is 219. The fourth-order valence-corrected chi connectivity index (χ4v) is 1.22. The van der Waals surface area contributed by atoms with Crippen LogP contribution in [0.4, 0.5) is 5.69 Å². The number of anilines is 1. The van der Waals surface area contributed by atoms with Gasteiger partial charge in [-0.2, -0.15) is 0 Å². The van der Waals surface area contributed by atoms with E-state index < -0.39 is 0 Å². The first kappa shape index (κ1) is 9.07. The number of rotatable bonds is 3. The Morgan fingerprint density at radius 2 is 1.92 bits per heavy atom. The van der Waals surface area contributed by atoms with Crippen molar-refractivity contribution in [3.8, 4) is 0 Å². The van der Waals surface area contributed by atoms with E-state index in [0.717, 1.165) is 6.54 Å². The molecule has 1 aromatic carbocycles. The van der Waals surface area contributed by atoms with Crippen molar-refractivity contribution in [2.24, 2.45) is 5.73 Å². The maximum absolute atomic E-state index is 5.69. The Balaban J connectivity index is 2.59. The average Bonchev–Trinajstić information content (AvgIpc) is 2.05. The van der Waals surface area contributed by atoms with Crippen LogP contribution in [0.5, 0.6) is 0 Å². The highest BCUT2D eigenvalue weighted by atomic mass is 15.1. The molecule has 1 rings (SSSR count). The van der Waals surface area contributed by atoms with Crippen LogP contribution in [0, 0.1) is 0 Å². The average molecular weight is 164 g/mol. The maximum Gasteiger partial charge on any atom is 0.0364 e. The predicted octanol–water partition coefficient (Wildman–Crippen LogP) is 1.47. The number of nitrogens with zero attached hydrogens (tertiary/aromatic N) is 1. The smallest absolute Gasteiger partial charge is 0.0364 e. The van der Waals surface area contributed by atoms with E-state index in [9.17, 15) is 0 Å². The summed E-state index contributed by atoms with van der Waals surface area (Å²) in [7, 11) is 2.05. The van der Waals surface area contributed by atoms with Gasteiger partial charge in [0.15, 0.2) is 0 Å². The topological polar surface area (TPSA) is 29.3 Å². The fourth-order valence-electron chi connectivity index (χ4n) is 1.22. The van der Waals surface area contributed by atoms with E-state index in [4.69, 9.17) is 5.73 Å². The number of nitrogens with two attached hydrogens (primary N) is 1. The van der Waals surface area contributed by atoms with Crippen molar-refractivity contribution in [2.75, 3.05) is 18.5 Å². The van der Waals surface area contributed by atoms with E-state index in [1.165, 1.54) is 5.69 Å². The summed E-state index contributed by atoms with van der Waals surface area (Å²) in [6, 6.07) is 10.5. The molecule has 0 aliphatic carbocycles. The zero-order valence-corrected chi connectivity index (χ0v) is 7.70. The lowest BCUT2D eigenvalue weighted by atomic mass is 10.2. The van der Waals surface area contributed by atoms with Gasteiger partial charge in [0.25, 0.3) is 0 Å². The highest BCUT2D eigenvalue weighted by Gasteiger charge is 2.01. The minimum absolute atomic E-state index is 0.218. The molecule has 1 atom stereocenters. The molecule has 0 unspecified atom stereocenters. The van der Waals surface area contributed by atoms with Gasteiger partial charge in [-0.05, 0) is 19.1 Å². The van der Waals surface area contributed by atoms with Crippen molar-refractivity contribution in [3.63, 3.8) is 0 Å². The molecule has 0 radical (unpaired) electrons. The quantitative estimate of drug-likeness (QED) is 0.733. The molecule has 66 valence electrons. The number of likely N-dealkylation sites (N-methyl/N-ethyl adjacent to an activating group) is 1. The predicted molar refractivity (Wildman–Crippen MR) is 53.4 cm³/mol. The van der Waals surface area contributed by atoms with E-state index in [1.807, 2.05) is 25.1 Å². The standard InChI is InChI=1S/C10H16N2/c1-9(11)8-12(2)10-6-4-3-5-7-10/h3-7,9H,8,11H2,1-2H3/t9-/m0/s1. The molecule has 2 N–H and O–H groups in total. The van der Waals surface area contributed by atoms with Gasteiger partial charge in [0.2, 0.25) is 0 Å². The van der Waals surface area contributed by atoms with E-state index in [-0.39, 0.29) is 6.04 Å². The molecule has 0 fully saturated rings. The molecule has 2 heteroatoms. The van der Waals surface area contributed by atoms with Crippen LogP contribution in [-0.2, 0) is 0 Å². The minimum atomic E-state index is 0.218. The van der Waals surface area contributed by atoms with Gasteiger partial charge in [0.05, 0.1) is 0 Å². The second kappa shape index (κ2) is 4.12. The summed E-state index contributed by atoms with van der Waals surface area (Å²) in [5, 5.41) is 0.